The second kappa shape index (κ2) is 3.39. The van der Waals surface area contributed by atoms with Crippen molar-refractivity contribution in [3.8, 4) is 0 Å². The first-order chi connectivity index (χ1) is 5.24. The normalized spacial score (nSPS) is 9.55. The average molecular weight is 168 g/mol. The van der Waals surface area contributed by atoms with E-state index in [0.29, 0.717) is 5.69 Å². The number of nitrogens with zero attached hydrogens (tertiary/aromatic N) is 2. The standard InChI is InChI=1S/C7H8N2OS/c1-2-5-3-8-4-6(9-5)7(10)11/h3-4H,2H2,1H3,(H,10,11). The molecular formula is C7H8N2OS. The lowest BCUT2D eigenvalue weighted by Gasteiger charge is -1.97. The van der Waals surface area contributed by atoms with Crippen molar-refractivity contribution in [2.45, 2.75) is 13.3 Å². The van der Waals surface area contributed by atoms with Crippen LogP contribution in [0.15, 0.2) is 12.4 Å². The van der Waals surface area contributed by atoms with Gasteiger partial charge in [0.15, 0.2) is 0 Å². The predicted molar refractivity (Wildman–Crippen MR) is 45.7 cm³/mol. The molecule has 0 spiro atoms. The molecule has 0 bridgehead atoms. The van der Waals surface area contributed by atoms with Gasteiger partial charge in [-0.1, -0.05) is 6.92 Å². The molecule has 11 heavy (non-hydrogen) atoms. The Kier molecular flexibility index (Phi) is 2.48. The number of aliphatic hydroxyl groups is 1. The second-order valence-electron chi connectivity index (χ2n) is 2.05. The summed E-state index contributed by atoms with van der Waals surface area (Å²) >= 11 is 4.52. The number of hydrogen-bond donors (Lipinski definition) is 1. The van der Waals surface area contributed by atoms with Gasteiger partial charge in [-0.15, -0.1) is 0 Å². The van der Waals surface area contributed by atoms with E-state index < -0.39 is 0 Å². The molecule has 3 nitrogen and oxygen atoms in total. The summed E-state index contributed by atoms with van der Waals surface area (Å²) < 4.78 is 0. The topological polar surface area (TPSA) is 46.0 Å². The average Bonchev–Trinajstić information content (AvgIpc) is 2.05. The molecule has 0 aliphatic heterocycles. The van der Waals surface area contributed by atoms with Gasteiger partial charge in [0.05, 0.1) is 11.9 Å². The Labute approximate surface area is 70.1 Å². The molecule has 0 atom stereocenters. The van der Waals surface area contributed by atoms with Gasteiger partial charge in [0.25, 0.3) is 0 Å². The Bertz CT molecular complexity index is 275. The van der Waals surface area contributed by atoms with Crippen LogP contribution in [-0.2, 0) is 6.42 Å². The molecule has 0 saturated heterocycles. The summed E-state index contributed by atoms with van der Waals surface area (Å²) in [6.07, 6.45) is 3.90. The minimum Gasteiger partial charge on any atom is -0.497 e. The zero-order valence-electron chi connectivity index (χ0n) is 6.11. The number of aromatic nitrogens is 2. The van der Waals surface area contributed by atoms with Crippen LogP contribution in [0.5, 0.6) is 0 Å². The quantitative estimate of drug-likeness (QED) is 0.675. The van der Waals surface area contributed by atoms with Crippen LogP contribution >= 0.6 is 12.2 Å². The van der Waals surface area contributed by atoms with Crippen LogP contribution < -0.4 is 0 Å². The summed E-state index contributed by atoms with van der Waals surface area (Å²) in [6, 6.07) is 0. The lowest BCUT2D eigenvalue weighted by atomic mass is 10.3. The molecule has 0 amide bonds. The van der Waals surface area contributed by atoms with E-state index in [4.69, 9.17) is 5.11 Å². The van der Waals surface area contributed by atoms with Crippen LogP contribution in [0.2, 0.25) is 0 Å². The summed E-state index contributed by atoms with van der Waals surface area (Å²) in [6.45, 7) is 1.97. The van der Waals surface area contributed by atoms with Crippen molar-refractivity contribution >= 4 is 17.3 Å². The maximum Gasteiger partial charge on any atom is 0.209 e. The highest BCUT2D eigenvalue weighted by Gasteiger charge is 2.00. The number of hydrogen-bond acceptors (Lipinski definition) is 3. The molecule has 4 heteroatoms. The number of rotatable bonds is 2. The van der Waals surface area contributed by atoms with Crippen molar-refractivity contribution in [1.82, 2.24) is 9.97 Å². The minimum atomic E-state index is -0.201. The van der Waals surface area contributed by atoms with Gasteiger partial charge in [0.2, 0.25) is 5.05 Å². The minimum absolute atomic E-state index is 0.201. The zero-order chi connectivity index (χ0) is 8.27. The molecule has 0 saturated carbocycles. The van der Waals surface area contributed by atoms with E-state index >= 15 is 0 Å². The maximum absolute atomic E-state index is 8.87. The molecule has 0 aromatic carbocycles. The molecule has 0 radical (unpaired) electrons. The van der Waals surface area contributed by atoms with Crippen LogP contribution in [-0.4, -0.2) is 20.1 Å². The van der Waals surface area contributed by atoms with Crippen LogP contribution in [0.4, 0.5) is 0 Å². The van der Waals surface area contributed by atoms with Gasteiger partial charge in [-0.25, -0.2) is 4.98 Å². The molecule has 1 aromatic rings. The van der Waals surface area contributed by atoms with Gasteiger partial charge in [0.1, 0.15) is 5.69 Å². The lowest BCUT2D eigenvalue weighted by Crippen LogP contribution is -2.01. The van der Waals surface area contributed by atoms with Crippen molar-refractivity contribution < 1.29 is 5.11 Å². The van der Waals surface area contributed by atoms with Crippen LogP contribution in [0, 0.1) is 0 Å². The van der Waals surface area contributed by atoms with E-state index in [1.54, 1.807) is 6.20 Å². The third kappa shape index (κ3) is 1.94. The predicted octanol–water partition coefficient (Wildman–Crippen LogP) is 1.27. The van der Waals surface area contributed by atoms with E-state index in [1.807, 2.05) is 6.92 Å². The Morgan fingerprint density at radius 1 is 1.64 bits per heavy atom. The Balaban J connectivity index is 3.01. The first kappa shape index (κ1) is 8.07. The van der Waals surface area contributed by atoms with Crippen molar-refractivity contribution in [1.29, 1.82) is 0 Å². The second-order valence-corrected chi connectivity index (χ2v) is 2.44. The molecular weight excluding hydrogens is 160 g/mol. The van der Waals surface area contributed by atoms with E-state index in [9.17, 15) is 0 Å². The van der Waals surface area contributed by atoms with Gasteiger partial charge in [0, 0.05) is 6.20 Å². The smallest absolute Gasteiger partial charge is 0.209 e. The first-order valence-corrected chi connectivity index (χ1v) is 3.69. The summed E-state index contributed by atoms with van der Waals surface area (Å²) in [4.78, 5) is 7.90. The molecule has 1 heterocycles. The number of aryl methyl sites for hydroxylation is 1. The van der Waals surface area contributed by atoms with Crippen molar-refractivity contribution in [3.05, 3.63) is 23.8 Å². The molecule has 1 rings (SSSR count). The van der Waals surface area contributed by atoms with Gasteiger partial charge >= 0.3 is 0 Å². The highest BCUT2D eigenvalue weighted by atomic mass is 32.1. The third-order valence-electron chi connectivity index (χ3n) is 1.27. The number of aliphatic hydroxyl groups excluding tert-OH is 1. The lowest BCUT2D eigenvalue weighted by molar-refractivity contribution is 0.567. The van der Waals surface area contributed by atoms with E-state index in [0.717, 1.165) is 12.1 Å². The van der Waals surface area contributed by atoms with Crippen molar-refractivity contribution in [2.24, 2.45) is 0 Å². The molecule has 1 N–H and O–H groups in total. The first-order valence-electron chi connectivity index (χ1n) is 3.28. The van der Waals surface area contributed by atoms with Gasteiger partial charge in [-0.05, 0) is 18.6 Å². The molecule has 0 unspecified atom stereocenters. The fourth-order valence-corrected chi connectivity index (χ4v) is 0.778. The van der Waals surface area contributed by atoms with Gasteiger partial charge < -0.3 is 5.11 Å². The molecule has 1 aromatic heterocycles. The highest BCUT2D eigenvalue weighted by molar-refractivity contribution is 7.80. The van der Waals surface area contributed by atoms with E-state index in [1.165, 1.54) is 6.20 Å². The van der Waals surface area contributed by atoms with Crippen molar-refractivity contribution in [3.63, 3.8) is 0 Å². The summed E-state index contributed by atoms with van der Waals surface area (Å²) in [7, 11) is 0. The number of thiocarbonyl (C=S) groups is 1. The summed E-state index contributed by atoms with van der Waals surface area (Å²) in [5, 5.41) is 8.67. The monoisotopic (exact) mass is 168 g/mol. The Morgan fingerprint density at radius 3 is 2.91 bits per heavy atom. The Morgan fingerprint density at radius 2 is 2.36 bits per heavy atom. The zero-order valence-corrected chi connectivity index (χ0v) is 6.93. The summed E-state index contributed by atoms with van der Waals surface area (Å²) in [5.41, 5.74) is 1.21. The largest absolute Gasteiger partial charge is 0.497 e. The Hall–Kier alpha value is -1.03. The summed E-state index contributed by atoms with van der Waals surface area (Å²) in [5.74, 6) is 0. The fourth-order valence-electron chi connectivity index (χ4n) is 0.680. The molecule has 0 aliphatic carbocycles. The van der Waals surface area contributed by atoms with Gasteiger partial charge in [-0.2, -0.15) is 0 Å². The van der Waals surface area contributed by atoms with E-state index in [2.05, 4.69) is 22.2 Å². The molecule has 58 valence electrons. The van der Waals surface area contributed by atoms with Crippen molar-refractivity contribution in [2.75, 3.05) is 0 Å². The maximum atomic E-state index is 8.87. The molecule has 0 fully saturated rings. The molecule has 0 aliphatic rings. The van der Waals surface area contributed by atoms with Gasteiger partial charge in [-0.3, -0.25) is 4.98 Å². The SMILES string of the molecule is CCc1cncc(C(O)=S)n1. The fraction of sp³-hybridized carbons (Fsp3) is 0.286. The van der Waals surface area contributed by atoms with Crippen LogP contribution in [0.3, 0.4) is 0 Å². The highest BCUT2D eigenvalue weighted by Crippen LogP contribution is 1.97. The third-order valence-corrected chi connectivity index (χ3v) is 1.47. The van der Waals surface area contributed by atoms with Crippen LogP contribution in [0.25, 0.3) is 0 Å². The van der Waals surface area contributed by atoms with Crippen LogP contribution in [0.1, 0.15) is 18.3 Å². The van der Waals surface area contributed by atoms with E-state index in [-0.39, 0.29) is 5.05 Å².